The van der Waals surface area contributed by atoms with Crippen LogP contribution in [0.4, 0.5) is 10.2 Å². The lowest BCUT2D eigenvalue weighted by atomic mass is 10.1. The summed E-state index contributed by atoms with van der Waals surface area (Å²) in [7, 11) is 0. The van der Waals surface area contributed by atoms with Gasteiger partial charge in [-0.1, -0.05) is 23.3 Å². The lowest BCUT2D eigenvalue weighted by Crippen LogP contribution is -2.30. The molecule has 0 radical (unpaired) electrons. The molecule has 0 unspecified atom stereocenters. The monoisotopic (exact) mass is 430 g/mol. The SMILES string of the molecule is Cc1cc(NC(=O)CSc2nnc(CN3CCCCC3)n2-c2ccc(F)cc2)no1. The van der Waals surface area contributed by atoms with Crippen LogP contribution in [0.5, 0.6) is 0 Å². The molecule has 1 aliphatic rings. The van der Waals surface area contributed by atoms with Gasteiger partial charge >= 0.3 is 0 Å². The molecular weight excluding hydrogens is 407 g/mol. The number of thioether (sulfide) groups is 1. The van der Waals surface area contributed by atoms with Crippen LogP contribution in [0.2, 0.25) is 0 Å². The number of carbonyl (C=O) groups excluding carboxylic acids is 1. The number of amides is 1. The number of nitrogens with zero attached hydrogens (tertiary/aromatic N) is 5. The topological polar surface area (TPSA) is 89.1 Å². The van der Waals surface area contributed by atoms with E-state index in [1.165, 1.54) is 43.2 Å². The first-order valence-electron chi connectivity index (χ1n) is 9.87. The Morgan fingerprint density at radius 2 is 1.97 bits per heavy atom. The van der Waals surface area contributed by atoms with E-state index in [9.17, 15) is 9.18 Å². The van der Waals surface area contributed by atoms with E-state index in [0.717, 1.165) is 24.6 Å². The van der Waals surface area contributed by atoms with Crippen LogP contribution in [0.1, 0.15) is 30.8 Å². The van der Waals surface area contributed by atoms with Crippen molar-refractivity contribution in [3.63, 3.8) is 0 Å². The van der Waals surface area contributed by atoms with Crippen LogP contribution < -0.4 is 5.32 Å². The van der Waals surface area contributed by atoms with E-state index in [-0.39, 0.29) is 17.5 Å². The Bertz CT molecular complexity index is 997. The third kappa shape index (κ3) is 5.06. The van der Waals surface area contributed by atoms with Crippen molar-refractivity contribution in [1.29, 1.82) is 0 Å². The Morgan fingerprint density at radius 1 is 1.20 bits per heavy atom. The molecule has 158 valence electrons. The molecule has 1 amide bonds. The molecule has 2 aromatic heterocycles. The fourth-order valence-corrected chi connectivity index (χ4v) is 4.17. The number of halogens is 1. The highest BCUT2D eigenvalue weighted by Crippen LogP contribution is 2.24. The highest BCUT2D eigenvalue weighted by molar-refractivity contribution is 7.99. The van der Waals surface area contributed by atoms with Crippen molar-refractivity contribution in [3.8, 4) is 5.69 Å². The van der Waals surface area contributed by atoms with Crippen LogP contribution in [-0.4, -0.2) is 49.6 Å². The Hall–Kier alpha value is -2.72. The van der Waals surface area contributed by atoms with Gasteiger partial charge in [-0.05, 0) is 57.1 Å². The number of anilines is 1. The van der Waals surface area contributed by atoms with Crippen LogP contribution in [0, 0.1) is 12.7 Å². The van der Waals surface area contributed by atoms with Gasteiger partial charge in [-0.2, -0.15) is 0 Å². The average Bonchev–Trinajstić information content (AvgIpc) is 3.33. The zero-order valence-corrected chi connectivity index (χ0v) is 17.5. The Kier molecular flexibility index (Phi) is 6.44. The number of likely N-dealkylation sites (tertiary alicyclic amines) is 1. The van der Waals surface area contributed by atoms with Crippen LogP contribution in [0.25, 0.3) is 5.69 Å². The lowest BCUT2D eigenvalue weighted by molar-refractivity contribution is -0.113. The summed E-state index contributed by atoms with van der Waals surface area (Å²) in [6, 6.07) is 7.86. The summed E-state index contributed by atoms with van der Waals surface area (Å²) in [5.41, 5.74) is 0.767. The molecule has 8 nitrogen and oxygen atoms in total. The highest BCUT2D eigenvalue weighted by atomic mass is 32.2. The molecule has 3 aromatic rings. The van der Waals surface area contributed by atoms with Gasteiger partial charge in [0.2, 0.25) is 5.91 Å². The number of carbonyl (C=O) groups is 1. The quantitative estimate of drug-likeness (QED) is 0.575. The van der Waals surface area contributed by atoms with Crippen molar-refractivity contribution in [3.05, 3.63) is 47.7 Å². The molecule has 4 rings (SSSR count). The van der Waals surface area contributed by atoms with Crippen molar-refractivity contribution in [2.45, 2.75) is 37.9 Å². The number of benzene rings is 1. The summed E-state index contributed by atoms with van der Waals surface area (Å²) in [5.74, 6) is 1.38. The predicted octanol–water partition coefficient (Wildman–Crippen LogP) is 3.42. The lowest BCUT2D eigenvalue weighted by Gasteiger charge is -2.26. The Labute approximate surface area is 177 Å². The molecule has 1 saturated heterocycles. The van der Waals surface area contributed by atoms with Gasteiger partial charge in [-0.25, -0.2) is 4.39 Å². The Morgan fingerprint density at radius 3 is 2.67 bits per heavy atom. The summed E-state index contributed by atoms with van der Waals surface area (Å²) < 4.78 is 20.3. The molecule has 3 heterocycles. The average molecular weight is 431 g/mol. The van der Waals surface area contributed by atoms with Crippen molar-refractivity contribution in [2.75, 3.05) is 24.2 Å². The molecule has 1 N–H and O–H groups in total. The number of piperidine rings is 1. The normalized spacial score (nSPS) is 14.7. The van der Waals surface area contributed by atoms with Crippen molar-refractivity contribution >= 4 is 23.5 Å². The maximum atomic E-state index is 13.4. The minimum Gasteiger partial charge on any atom is -0.360 e. The first-order chi connectivity index (χ1) is 14.6. The van der Waals surface area contributed by atoms with Gasteiger partial charge in [0.1, 0.15) is 11.6 Å². The van der Waals surface area contributed by atoms with Gasteiger partial charge in [0.05, 0.1) is 12.3 Å². The van der Waals surface area contributed by atoms with Crippen LogP contribution in [0.15, 0.2) is 40.0 Å². The molecule has 1 aromatic carbocycles. The van der Waals surface area contributed by atoms with E-state index < -0.39 is 0 Å². The van der Waals surface area contributed by atoms with Gasteiger partial charge in [0, 0.05) is 11.8 Å². The minimum atomic E-state index is -0.305. The first-order valence-corrected chi connectivity index (χ1v) is 10.9. The fourth-order valence-electron chi connectivity index (χ4n) is 3.40. The molecule has 0 atom stereocenters. The second-order valence-corrected chi connectivity index (χ2v) is 8.15. The molecule has 1 aliphatic heterocycles. The fraction of sp³-hybridized carbons (Fsp3) is 0.400. The Balaban J connectivity index is 1.51. The number of aryl methyl sites for hydroxylation is 1. The molecule has 10 heteroatoms. The number of hydrogen-bond donors (Lipinski definition) is 1. The second-order valence-electron chi connectivity index (χ2n) is 7.21. The number of aromatic nitrogens is 4. The summed E-state index contributed by atoms with van der Waals surface area (Å²) in [6.45, 7) is 4.47. The van der Waals surface area contributed by atoms with Crippen LogP contribution >= 0.6 is 11.8 Å². The summed E-state index contributed by atoms with van der Waals surface area (Å²) in [6.07, 6.45) is 3.60. The standard InChI is InChI=1S/C20H23FN6O2S/c1-14-11-17(25-29-14)22-19(28)13-30-20-24-23-18(12-26-9-3-2-4-10-26)27(20)16-7-5-15(21)6-8-16/h5-8,11H,2-4,9-10,12-13H2,1H3,(H,22,25,28). The predicted molar refractivity (Wildman–Crippen MR) is 111 cm³/mol. The van der Waals surface area contributed by atoms with Crippen LogP contribution in [0.3, 0.4) is 0 Å². The molecule has 0 saturated carbocycles. The molecule has 0 bridgehead atoms. The van der Waals surface area contributed by atoms with Gasteiger partial charge in [-0.3, -0.25) is 14.3 Å². The molecular formula is C20H23FN6O2S. The van der Waals surface area contributed by atoms with E-state index in [1.807, 2.05) is 4.57 Å². The smallest absolute Gasteiger partial charge is 0.236 e. The van der Waals surface area contributed by atoms with E-state index in [0.29, 0.717) is 23.3 Å². The van der Waals surface area contributed by atoms with Gasteiger partial charge in [0.15, 0.2) is 16.8 Å². The summed E-state index contributed by atoms with van der Waals surface area (Å²) in [5, 5.41) is 15.7. The van der Waals surface area contributed by atoms with E-state index in [2.05, 4.69) is 25.6 Å². The zero-order valence-electron chi connectivity index (χ0n) is 16.7. The minimum absolute atomic E-state index is 0.134. The number of rotatable bonds is 7. The van der Waals surface area contributed by atoms with Gasteiger partial charge < -0.3 is 9.84 Å². The third-order valence-corrected chi connectivity index (χ3v) is 5.76. The highest BCUT2D eigenvalue weighted by Gasteiger charge is 2.20. The number of hydrogen-bond acceptors (Lipinski definition) is 7. The molecule has 1 fully saturated rings. The van der Waals surface area contributed by atoms with E-state index in [1.54, 1.807) is 25.1 Å². The van der Waals surface area contributed by atoms with Crippen molar-refractivity contribution in [2.24, 2.45) is 0 Å². The summed E-state index contributed by atoms with van der Waals surface area (Å²) >= 11 is 1.27. The number of nitrogens with one attached hydrogen (secondary N) is 1. The first kappa shape index (κ1) is 20.5. The van der Waals surface area contributed by atoms with Crippen LogP contribution in [-0.2, 0) is 11.3 Å². The van der Waals surface area contributed by atoms with Gasteiger partial charge in [-0.15, -0.1) is 10.2 Å². The maximum Gasteiger partial charge on any atom is 0.236 e. The summed E-state index contributed by atoms with van der Waals surface area (Å²) in [4.78, 5) is 14.6. The zero-order chi connectivity index (χ0) is 20.9. The van der Waals surface area contributed by atoms with Crippen molar-refractivity contribution in [1.82, 2.24) is 24.8 Å². The maximum absolute atomic E-state index is 13.4. The van der Waals surface area contributed by atoms with Gasteiger partial charge in [0.25, 0.3) is 0 Å². The molecule has 0 spiro atoms. The molecule has 0 aliphatic carbocycles. The van der Waals surface area contributed by atoms with Crippen molar-refractivity contribution < 1.29 is 13.7 Å². The second kappa shape index (κ2) is 9.40. The largest absolute Gasteiger partial charge is 0.360 e. The third-order valence-electron chi connectivity index (χ3n) is 4.83. The van der Waals surface area contributed by atoms with E-state index >= 15 is 0 Å². The molecule has 30 heavy (non-hydrogen) atoms. The van der Waals surface area contributed by atoms with E-state index in [4.69, 9.17) is 4.52 Å².